The standard InChI is InChI=1S/C13H23N3O2/c1-13(5-4-6-14-8-13)9-16-10-15-7-11(16)12(17-2)18-3/h7,10,12,14H,4-6,8-9H2,1-3H3. The SMILES string of the molecule is COC(OC)c1cncn1CC1(C)CCCNC1. The highest BCUT2D eigenvalue weighted by Gasteiger charge is 2.28. The maximum absolute atomic E-state index is 5.31. The predicted octanol–water partition coefficient (Wildman–Crippen LogP) is 1.56. The zero-order valence-corrected chi connectivity index (χ0v) is 11.5. The number of nitrogens with zero attached hydrogens (tertiary/aromatic N) is 2. The van der Waals surface area contributed by atoms with E-state index in [4.69, 9.17) is 9.47 Å². The summed E-state index contributed by atoms with van der Waals surface area (Å²) in [4.78, 5) is 4.22. The summed E-state index contributed by atoms with van der Waals surface area (Å²) in [5.74, 6) is 0. The molecule has 1 N–H and O–H groups in total. The minimum Gasteiger partial charge on any atom is -0.350 e. The van der Waals surface area contributed by atoms with Gasteiger partial charge in [0.15, 0.2) is 6.29 Å². The van der Waals surface area contributed by atoms with Crippen molar-refractivity contribution in [1.29, 1.82) is 0 Å². The summed E-state index contributed by atoms with van der Waals surface area (Å²) in [6.07, 6.45) is 5.81. The molecule has 0 amide bonds. The number of hydrogen-bond donors (Lipinski definition) is 1. The Balaban J connectivity index is 2.11. The minimum atomic E-state index is -0.340. The van der Waals surface area contributed by atoms with Crippen LogP contribution in [0.15, 0.2) is 12.5 Å². The zero-order chi connectivity index (χ0) is 13.0. The molecule has 1 aromatic heterocycles. The molecule has 1 unspecified atom stereocenters. The largest absolute Gasteiger partial charge is 0.350 e. The molecule has 2 rings (SSSR count). The summed E-state index contributed by atoms with van der Waals surface area (Å²) in [5.41, 5.74) is 1.26. The van der Waals surface area contributed by atoms with Gasteiger partial charge in [0.05, 0.1) is 18.2 Å². The second-order valence-corrected chi connectivity index (χ2v) is 5.34. The fraction of sp³-hybridized carbons (Fsp3) is 0.769. The van der Waals surface area contributed by atoms with Gasteiger partial charge in [-0.05, 0) is 24.8 Å². The second kappa shape index (κ2) is 5.82. The summed E-state index contributed by atoms with van der Waals surface area (Å²) < 4.78 is 12.8. The van der Waals surface area contributed by atoms with E-state index in [0.29, 0.717) is 0 Å². The van der Waals surface area contributed by atoms with Crippen LogP contribution in [-0.4, -0.2) is 36.9 Å². The lowest BCUT2D eigenvalue weighted by atomic mass is 9.82. The smallest absolute Gasteiger partial charge is 0.200 e. The molecule has 1 saturated heterocycles. The number of aromatic nitrogens is 2. The quantitative estimate of drug-likeness (QED) is 0.809. The van der Waals surface area contributed by atoms with Crippen LogP contribution in [0.4, 0.5) is 0 Å². The van der Waals surface area contributed by atoms with Crippen molar-refractivity contribution in [3.8, 4) is 0 Å². The van der Waals surface area contributed by atoms with Crippen molar-refractivity contribution in [2.75, 3.05) is 27.3 Å². The van der Waals surface area contributed by atoms with Crippen molar-refractivity contribution in [3.63, 3.8) is 0 Å². The Morgan fingerprint density at radius 3 is 2.89 bits per heavy atom. The lowest BCUT2D eigenvalue weighted by Crippen LogP contribution is -2.40. The number of piperidine rings is 1. The highest BCUT2D eigenvalue weighted by atomic mass is 16.7. The Bertz CT molecular complexity index is 368. The summed E-state index contributed by atoms with van der Waals surface area (Å²) >= 11 is 0. The highest BCUT2D eigenvalue weighted by Crippen LogP contribution is 2.29. The molecule has 0 spiro atoms. The van der Waals surface area contributed by atoms with Gasteiger partial charge in [-0.3, -0.25) is 0 Å². The summed E-state index contributed by atoms with van der Waals surface area (Å²) in [7, 11) is 3.30. The third-order valence-corrected chi connectivity index (χ3v) is 3.65. The maximum Gasteiger partial charge on any atom is 0.200 e. The Morgan fingerprint density at radius 1 is 1.50 bits per heavy atom. The Hall–Kier alpha value is -0.910. The van der Waals surface area contributed by atoms with Gasteiger partial charge >= 0.3 is 0 Å². The van der Waals surface area contributed by atoms with E-state index in [2.05, 4.69) is 21.8 Å². The minimum absolute atomic E-state index is 0.278. The molecule has 0 aromatic carbocycles. The van der Waals surface area contributed by atoms with Gasteiger partial charge in [0.2, 0.25) is 0 Å². The molecule has 1 aliphatic heterocycles. The Morgan fingerprint density at radius 2 is 2.28 bits per heavy atom. The number of hydrogen-bond acceptors (Lipinski definition) is 4. The molecule has 0 saturated carbocycles. The van der Waals surface area contributed by atoms with E-state index in [1.807, 2.05) is 12.5 Å². The van der Waals surface area contributed by atoms with Crippen molar-refractivity contribution in [2.24, 2.45) is 5.41 Å². The summed E-state index contributed by atoms with van der Waals surface area (Å²) in [5, 5.41) is 3.47. The van der Waals surface area contributed by atoms with E-state index in [1.54, 1.807) is 14.2 Å². The van der Waals surface area contributed by atoms with Crippen LogP contribution in [0.25, 0.3) is 0 Å². The summed E-state index contributed by atoms with van der Waals surface area (Å²) in [6, 6.07) is 0. The molecular formula is C13H23N3O2. The number of methoxy groups -OCH3 is 2. The van der Waals surface area contributed by atoms with E-state index in [-0.39, 0.29) is 11.7 Å². The number of ether oxygens (including phenoxy) is 2. The fourth-order valence-electron chi connectivity index (χ4n) is 2.66. The predicted molar refractivity (Wildman–Crippen MR) is 69.2 cm³/mol. The molecule has 0 bridgehead atoms. The molecule has 1 fully saturated rings. The van der Waals surface area contributed by atoms with Crippen molar-refractivity contribution < 1.29 is 9.47 Å². The van der Waals surface area contributed by atoms with Gasteiger partial charge in [0.25, 0.3) is 0 Å². The first-order valence-corrected chi connectivity index (χ1v) is 6.45. The van der Waals surface area contributed by atoms with Gasteiger partial charge in [-0.2, -0.15) is 0 Å². The molecular weight excluding hydrogens is 230 g/mol. The monoisotopic (exact) mass is 253 g/mol. The first kappa shape index (κ1) is 13.5. The molecule has 5 heteroatoms. The Kier molecular flexibility index (Phi) is 4.37. The van der Waals surface area contributed by atoms with Crippen molar-refractivity contribution >= 4 is 0 Å². The zero-order valence-electron chi connectivity index (χ0n) is 11.5. The van der Waals surface area contributed by atoms with Gasteiger partial charge in [-0.15, -0.1) is 0 Å². The van der Waals surface area contributed by atoms with Crippen LogP contribution in [-0.2, 0) is 16.0 Å². The lowest BCUT2D eigenvalue weighted by Gasteiger charge is -2.35. The molecule has 5 nitrogen and oxygen atoms in total. The second-order valence-electron chi connectivity index (χ2n) is 5.34. The highest BCUT2D eigenvalue weighted by molar-refractivity contribution is 5.02. The molecule has 102 valence electrons. The van der Waals surface area contributed by atoms with Gasteiger partial charge in [0.1, 0.15) is 0 Å². The number of nitrogens with one attached hydrogen (secondary N) is 1. The van der Waals surface area contributed by atoms with E-state index in [0.717, 1.165) is 25.3 Å². The molecule has 0 aliphatic carbocycles. The molecule has 18 heavy (non-hydrogen) atoms. The van der Waals surface area contributed by atoms with Crippen LogP contribution in [0.5, 0.6) is 0 Å². The molecule has 1 atom stereocenters. The molecule has 0 radical (unpaired) electrons. The van der Waals surface area contributed by atoms with Crippen molar-refractivity contribution in [1.82, 2.24) is 14.9 Å². The van der Waals surface area contributed by atoms with Crippen LogP contribution >= 0.6 is 0 Å². The molecule has 1 aromatic rings. The van der Waals surface area contributed by atoms with Gasteiger partial charge in [-0.1, -0.05) is 6.92 Å². The van der Waals surface area contributed by atoms with E-state index >= 15 is 0 Å². The fourth-order valence-corrected chi connectivity index (χ4v) is 2.66. The molecule has 2 heterocycles. The topological polar surface area (TPSA) is 48.3 Å². The lowest BCUT2D eigenvalue weighted by molar-refractivity contribution is -0.111. The van der Waals surface area contributed by atoms with Crippen molar-refractivity contribution in [3.05, 3.63) is 18.2 Å². The average molecular weight is 253 g/mol. The van der Waals surface area contributed by atoms with Gasteiger partial charge < -0.3 is 19.4 Å². The van der Waals surface area contributed by atoms with E-state index in [1.165, 1.54) is 12.8 Å². The summed E-state index contributed by atoms with van der Waals surface area (Å²) in [6.45, 7) is 5.44. The van der Waals surface area contributed by atoms with Crippen molar-refractivity contribution in [2.45, 2.75) is 32.6 Å². The Labute approximate surface area is 108 Å². The third-order valence-electron chi connectivity index (χ3n) is 3.65. The third kappa shape index (κ3) is 2.91. The number of imidazole rings is 1. The van der Waals surface area contributed by atoms with E-state index < -0.39 is 0 Å². The van der Waals surface area contributed by atoms with E-state index in [9.17, 15) is 0 Å². The van der Waals surface area contributed by atoms with Crippen LogP contribution < -0.4 is 5.32 Å². The molecule has 1 aliphatic rings. The van der Waals surface area contributed by atoms with Crippen LogP contribution in [0, 0.1) is 5.41 Å². The normalized spacial score (nSPS) is 24.7. The van der Waals surface area contributed by atoms with Gasteiger partial charge in [-0.25, -0.2) is 4.98 Å². The number of rotatable bonds is 5. The average Bonchev–Trinajstić information content (AvgIpc) is 2.79. The first-order valence-electron chi connectivity index (χ1n) is 6.45. The van der Waals surface area contributed by atoms with Gasteiger partial charge in [0, 0.05) is 27.3 Å². The van der Waals surface area contributed by atoms with Crippen LogP contribution in [0.1, 0.15) is 31.7 Å². The van der Waals surface area contributed by atoms with Crippen LogP contribution in [0.3, 0.4) is 0 Å². The van der Waals surface area contributed by atoms with Crippen LogP contribution in [0.2, 0.25) is 0 Å². The maximum atomic E-state index is 5.31. The first-order chi connectivity index (χ1) is 8.68.